The third-order valence-corrected chi connectivity index (χ3v) is 2.24. The lowest BCUT2D eigenvalue weighted by atomic mass is 10.2. The Balaban J connectivity index is 2.41. The molecule has 0 radical (unpaired) electrons. The van der Waals surface area contributed by atoms with Crippen LogP contribution in [0.1, 0.15) is 26.7 Å². The first-order valence-corrected chi connectivity index (χ1v) is 4.54. The van der Waals surface area contributed by atoms with E-state index in [-0.39, 0.29) is 0 Å². The van der Waals surface area contributed by atoms with Crippen molar-refractivity contribution in [3.8, 4) is 0 Å². The predicted molar refractivity (Wildman–Crippen MR) is 45.6 cm³/mol. The van der Waals surface area contributed by atoms with Gasteiger partial charge in [-0.25, -0.2) is 8.78 Å². The van der Waals surface area contributed by atoms with Crippen molar-refractivity contribution in [3.05, 3.63) is 0 Å². The van der Waals surface area contributed by atoms with Gasteiger partial charge in [0.2, 0.25) is 5.91 Å². The summed E-state index contributed by atoms with van der Waals surface area (Å²) in [5.74, 6) is -2.84. The number of nitrogens with zero attached hydrogens (tertiary/aromatic N) is 1. The van der Waals surface area contributed by atoms with Crippen LogP contribution in [0.3, 0.4) is 0 Å². The van der Waals surface area contributed by atoms with Crippen LogP contribution in [0.5, 0.6) is 0 Å². The zero-order chi connectivity index (χ0) is 10.1. The number of alkyl halides is 2. The van der Waals surface area contributed by atoms with Gasteiger partial charge in [-0.2, -0.15) is 0 Å². The number of halogens is 2. The van der Waals surface area contributed by atoms with Crippen molar-refractivity contribution >= 4 is 5.91 Å². The molecule has 1 fully saturated rings. The Morgan fingerprint density at radius 3 is 2.62 bits per heavy atom. The van der Waals surface area contributed by atoms with Crippen molar-refractivity contribution in [2.75, 3.05) is 13.1 Å². The smallest absolute Gasteiger partial charge is 0.254 e. The molecule has 1 atom stereocenters. The summed E-state index contributed by atoms with van der Waals surface area (Å²) in [7, 11) is 0. The van der Waals surface area contributed by atoms with Crippen LogP contribution in [0.25, 0.3) is 0 Å². The average molecular weight is 191 g/mol. The van der Waals surface area contributed by atoms with Gasteiger partial charge >= 0.3 is 0 Å². The lowest BCUT2D eigenvalue weighted by Crippen LogP contribution is -2.32. The maximum atomic E-state index is 12.5. The Morgan fingerprint density at radius 1 is 1.62 bits per heavy atom. The molecule has 2 nitrogen and oxygen atoms in total. The number of carbonyl (C=O) groups excluding carboxylic acids is 1. The van der Waals surface area contributed by atoms with Gasteiger partial charge in [-0.15, -0.1) is 0 Å². The fraction of sp³-hybridized carbons (Fsp3) is 0.889. The monoisotopic (exact) mass is 191 g/mol. The highest BCUT2D eigenvalue weighted by Gasteiger charge is 2.31. The first-order chi connectivity index (χ1) is 5.88. The Bertz CT molecular complexity index is 200. The minimum atomic E-state index is -2.87. The molecule has 1 aliphatic rings. The molecule has 0 spiro atoms. The average Bonchev–Trinajstić information content (AvgIpc) is 2.31. The normalized spacial score (nSPS) is 23.7. The summed E-state index contributed by atoms with van der Waals surface area (Å²) < 4.78 is 25.0. The SMILES string of the molecule is CC1CCN(C(=O)CC(C)(F)F)C1. The van der Waals surface area contributed by atoms with Crippen LogP contribution in [0.2, 0.25) is 0 Å². The molecule has 0 aromatic carbocycles. The largest absolute Gasteiger partial charge is 0.342 e. The highest BCUT2D eigenvalue weighted by molar-refractivity contribution is 5.77. The molecule has 1 rings (SSSR count). The molecule has 0 N–H and O–H groups in total. The summed E-state index contributed by atoms with van der Waals surface area (Å²) >= 11 is 0. The van der Waals surface area contributed by atoms with Gasteiger partial charge in [-0.05, 0) is 19.3 Å². The van der Waals surface area contributed by atoms with Crippen LogP contribution in [0.15, 0.2) is 0 Å². The van der Waals surface area contributed by atoms with E-state index in [0.717, 1.165) is 13.3 Å². The third-order valence-electron chi connectivity index (χ3n) is 2.24. The summed E-state index contributed by atoms with van der Waals surface area (Å²) in [5, 5.41) is 0. The molecule has 1 aliphatic heterocycles. The Kier molecular flexibility index (Phi) is 2.88. The fourth-order valence-electron chi connectivity index (χ4n) is 1.54. The van der Waals surface area contributed by atoms with Crippen LogP contribution in [-0.2, 0) is 4.79 Å². The van der Waals surface area contributed by atoms with E-state index in [1.54, 1.807) is 0 Å². The van der Waals surface area contributed by atoms with Gasteiger partial charge in [0.25, 0.3) is 5.92 Å². The second-order valence-corrected chi connectivity index (χ2v) is 3.98. The summed E-state index contributed by atoms with van der Waals surface area (Å²) in [6.07, 6.45) is 0.279. The van der Waals surface area contributed by atoms with E-state index >= 15 is 0 Å². The van der Waals surface area contributed by atoms with Crippen LogP contribution in [0, 0.1) is 5.92 Å². The summed E-state index contributed by atoms with van der Waals surface area (Å²) in [4.78, 5) is 12.8. The molecule has 1 saturated heterocycles. The first-order valence-electron chi connectivity index (χ1n) is 4.54. The Labute approximate surface area is 76.9 Å². The van der Waals surface area contributed by atoms with Gasteiger partial charge in [-0.1, -0.05) is 6.92 Å². The number of likely N-dealkylation sites (tertiary alicyclic amines) is 1. The van der Waals surface area contributed by atoms with Gasteiger partial charge in [-0.3, -0.25) is 4.79 Å². The minimum Gasteiger partial charge on any atom is -0.342 e. The molecule has 0 saturated carbocycles. The molecule has 1 amide bonds. The molecular weight excluding hydrogens is 176 g/mol. The summed E-state index contributed by atoms with van der Waals surface area (Å²) in [5.41, 5.74) is 0. The molecule has 4 heteroatoms. The number of carbonyl (C=O) groups is 1. The van der Waals surface area contributed by atoms with Crippen LogP contribution in [0.4, 0.5) is 8.78 Å². The van der Waals surface area contributed by atoms with Crippen LogP contribution < -0.4 is 0 Å². The molecule has 0 bridgehead atoms. The maximum Gasteiger partial charge on any atom is 0.254 e. The Hall–Kier alpha value is -0.670. The lowest BCUT2D eigenvalue weighted by Gasteiger charge is -2.18. The molecular formula is C9H15F2NO. The van der Waals surface area contributed by atoms with Gasteiger partial charge in [0.05, 0.1) is 6.42 Å². The highest BCUT2D eigenvalue weighted by Crippen LogP contribution is 2.21. The first kappa shape index (κ1) is 10.4. The molecule has 0 aliphatic carbocycles. The topological polar surface area (TPSA) is 20.3 Å². The van der Waals surface area contributed by atoms with Crippen molar-refractivity contribution in [2.45, 2.75) is 32.6 Å². The van der Waals surface area contributed by atoms with E-state index in [4.69, 9.17) is 0 Å². The second kappa shape index (κ2) is 3.60. The number of amides is 1. The molecule has 0 aromatic rings. The molecule has 76 valence electrons. The van der Waals surface area contributed by atoms with E-state index in [0.29, 0.717) is 19.0 Å². The van der Waals surface area contributed by atoms with Crippen molar-refractivity contribution in [2.24, 2.45) is 5.92 Å². The lowest BCUT2D eigenvalue weighted by molar-refractivity contribution is -0.136. The van der Waals surface area contributed by atoms with Crippen molar-refractivity contribution < 1.29 is 13.6 Å². The van der Waals surface area contributed by atoms with Gasteiger partial charge < -0.3 is 4.90 Å². The number of hydrogen-bond acceptors (Lipinski definition) is 1. The van der Waals surface area contributed by atoms with Crippen molar-refractivity contribution in [1.29, 1.82) is 0 Å². The van der Waals surface area contributed by atoms with E-state index in [9.17, 15) is 13.6 Å². The third kappa shape index (κ3) is 3.28. The summed E-state index contributed by atoms with van der Waals surface area (Å²) in [6.45, 7) is 4.08. The van der Waals surface area contributed by atoms with E-state index < -0.39 is 18.3 Å². The highest BCUT2D eigenvalue weighted by atomic mass is 19.3. The Morgan fingerprint density at radius 2 is 2.23 bits per heavy atom. The zero-order valence-electron chi connectivity index (χ0n) is 8.02. The molecule has 1 heterocycles. The number of hydrogen-bond donors (Lipinski definition) is 0. The molecule has 1 unspecified atom stereocenters. The zero-order valence-corrected chi connectivity index (χ0v) is 8.02. The van der Waals surface area contributed by atoms with E-state index in [1.165, 1.54) is 4.90 Å². The molecule has 13 heavy (non-hydrogen) atoms. The van der Waals surface area contributed by atoms with Gasteiger partial charge in [0.15, 0.2) is 0 Å². The standard InChI is InChI=1S/C9H15F2NO/c1-7-3-4-12(6-7)8(13)5-9(2,10)11/h7H,3-6H2,1-2H3. The van der Waals surface area contributed by atoms with E-state index in [2.05, 4.69) is 0 Å². The quantitative estimate of drug-likeness (QED) is 0.652. The number of rotatable bonds is 2. The fourth-order valence-corrected chi connectivity index (χ4v) is 1.54. The van der Waals surface area contributed by atoms with Crippen LogP contribution in [-0.4, -0.2) is 29.8 Å². The van der Waals surface area contributed by atoms with Crippen molar-refractivity contribution in [3.63, 3.8) is 0 Å². The van der Waals surface area contributed by atoms with Gasteiger partial charge in [0.1, 0.15) is 0 Å². The minimum absolute atomic E-state index is 0.420. The second-order valence-electron chi connectivity index (χ2n) is 3.98. The summed E-state index contributed by atoms with van der Waals surface area (Å²) in [6, 6.07) is 0. The predicted octanol–water partition coefficient (Wildman–Crippen LogP) is 1.90. The van der Waals surface area contributed by atoms with Crippen LogP contribution >= 0.6 is 0 Å². The molecule has 0 aromatic heterocycles. The maximum absolute atomic E-state index is 12.5. The van der Waals surface area contributed by atoms with Gasteiger partial charge in [0, 0.05) is 13.1 Å². The van der Waals surface area contributed by atoms with Crippen molar-refractivity contribution in [1.82, 2.24) is 4.90 Å². The van der Waals surface area contributed by atoms with E-state index in [1.807, 2.05) is 6.92 Å².